The third-order valence-electron chi connectivity index (χ3n) is 2.59. The molecule has 106 valence electrons. The number of thiazole rings is 1. The fourth-order valence-corrected chi connectivity index (χ4v) is 2.35. The molecule has 0 saturated heterocycles. The third-order valence-corrected chi connectivity index (χ3v) is 3.69. The van der Waals surface area contributed by atoms with Gasteiger partial charge in [-0.3, -0.25) is 4.79 Å². The van der Waals surface area contributed by atoms with E-state index < -0.39 is 0 Å². The highest BCUT2D eigenvalue weighted by Crippen LogP contribution is 2.16. The van der Waals surface area contributed by atoms with Crippen LogP contribution in [0.25, 0.3) is 0 Å². The first-order chi connectivity index (χ1) is 9.47. The van der Waals surface area contributed by atoms with E-state index in [2.05, 4.69) is 20.3 Å². The van der Waals surface area contributed by atoms with Gasteiger partial charge in [0.15, 0.2) is 0 Å². The average Bonchev–Trinajstić information content (AvgIpc) is 2.82. The van der Waals surface area contributed by atoms with Crippen LogP contribution in [0.2, 0.25) is 5.02 Å². The molecule has 0 aliphatic rings. The lowest BCUT2D eigenvalue weighted by Crippen LogP contribution is -2.25. The van der Waals surface area contributed by atoms with Crippen molar-refractivity contribution in [2.45, 2.75) is 33.2 Å². The Morgan fingerprint density at radius 3 is 2.80 bits per heavy atom. The SMILES string of the molecule is Cc1nc(CNC(=O)c2nc(C(C)C)ncc2Cl)cs1. The molecule has 20 heavy (non-hydrogen) atoms. The van der Waals surface area contributed by atoms with Crippen molar-refractivity contribution in [3.05, 3.63) is 38.8 Å². The number of aromatic nitrogens is 3. The Labute approximate surface area is 126 Å². The molecular formula is C13H15ClN4OS. The van der Waals surface area contributed by atoms with E-state index in [1.807, 2.05) is 26.2 Å². The number of nitrogens with one attached hydrogen (secondary N) is 1. The highest BCUT2D eigenvalue weighted by molar-refractivity contribution is 7.09. The quantitative estimate of drug-likeness (QED) is 0.942. The first-order valence-corrected chi connectivity index (χ1v) is 7.44. The second-order valence-corrected chi connectivity index (χ2v) is 6.09. The minimum atomic E-state index is -0.315. The molecule has 0 spiro atoms. The van der Waals surface area contributed by atoms with Gasteiger partial charge < -0.3 is 5.32 Å². The van der Waals surface area contributed by atoms with Gasteiger partial charge in [-0.15, -0.1) is 11.3 Å². The van der Waals surface area contributed by atoms with Crippen LogP contribution < -0.4 is 5.32 Å². The van der Waals surface area contributed by atoms with Crippen molar-refractivity contribution in [1.82, 2.24) is 20.3 Å². The second kappa shape index (κ2) is 6.28. The molecule has 0 atom stereocenters. The van der Waals surface area contributed by atoms with E-state index in [9.17, 15) is 4.79 Å². The predicted molar refractivity (Wildman–Crippen MR) is 79.2 cm³/mol. The van der Waals surface area contributed by atoms with Crippen LogP contribution >= 0.6 is 22.9 Å². The van der Waals surface area contributed by atoms with Crippen molar-refractivity contribution in [3.8, 4) is 0 Å². The van der Waals surface area contributed by atoms with Crippen LogP contribution in [0.15, 0.2) is 11.6 Å². The van der Waals surface area contributed by atoms with E-state index >= 15 is 0 Å². The molecule has 1 N–H and O–H groups in total. The van der Waals surface area contributed by atoms with Gasteiger partial charge in [-0.2, -0.15) is 0 Å². The molecule has 0 bridgehead atoms. The third kappa shape index (κ3) is 3.52. The Bertz CT molecular complexity index is 627. The fraction of sp³-hybridized carbons (Fsp3) is 0.385. The van der Waals surface area contributed by atoms with Gasteiger partial charge in [-0.1, -0.05) is 25.4 Å². The Kier molecular flexibility index (Phi) is 4.67. The van der Waals surface area contributed by atoms with Crippen molar-refractivity contribution < 1.29 is 4.79 Å². The topological polar surface area (TPSA) is 67.8 Å². The Balaban J connectivity index is 2.10. The number of nitrogens with zero attached hydrogens (tertiary/aromatic N) is 3. The predicted octanol–water partition coefficient (Wildman–Crippen LogP) is 2.95. The van der Waals surface area contributed by atoms with E-state index in [4.69, 9.17) is 11.6 Å². The lowest BCUT2D eigenvalue weighted by Gasteiger charge is -2.08. The molecule has 2 aromatic rings. The zero-order valence-corrected chi connectivity index (χ0v) is 13.0. The molecule has 0 unspecified atom stereocenters. The smallest absolute Gasteiger partial charge is 0.271 e. The largest absolute Gasteiger partial charge is 0.345 e. The van der Waals surface area contributed by atoms with E-state index in [1.54, 1.807) is 11.3 Å². The van der Waals surface area contributed by atoms with E-state index in [-0.39, 0.29) is 22.5 Å². The molecular weight excluding hydrogens is 296 g/mol. The number of carbonyl (C=O) groups is 1. The van der Waals surface area contributed by atoms with Crippen LogP contribution in [-0.2, 0) is 6.54 Å². The Morgan fingerprint density at radius 2 is 2.20 bits per heavy atom. The van der Waals surface area contributed by atoms with E-state index in [0.717, 1.165) is 10.7 Å². The number of hydrogen-bond donors (Lipinski definition) is 1. The van der Waals surface area contributed by atoms with Gasteiger partial charge in [0.1, 0.15) is 11.5 Å². The van der Waals surface area contributed by atoms with Crippen molar-refractivity contribution in [3.63, 3.8) is 0 Å². The molecule has 2 heterocycles. The van der Waals surface area contributed by atoms with Gasteiger partial charge in [0, 0.05) is 11.3 Å². The molecule has 0 aliphatic carbocycles. The normalized spacial score (nSPS) is 10.8. The molecule has 0 fully saturated rings. The molecule has 0 radical (unpaired) electrons. The highest BCUT2D eigenvalue weighted by Gasteiger charge is 2.15. The number of rotatable bonds is 4. The monoisotopic (exact) mass is 310 g/mol. The molecule has 0 saturated carbocycles. The number of aryl methyl sites for hydroxylation is 1. The summed E-state index contributed by atoms with van der Waals surface area (Å²) in [5.41, 5.74) is 1.03. The van der Waals surface area contributed by atoms with Crippen LogP contribution in [0.5, 0.6) is 0 Å². The first kappa shape index (κ1) is 14.9. The number of amides is 1. The Hall–Kier alpha value is -1.53. The zero-order chi connectivity index (χ0) is 14.7. The summed E-state index contributed by atoms with van der Waals surface area (Å²) in [4.78, 5) is 24.7. The van der Waals surface area contributed by atoms with Gasteiger partial charge in [-0.25, -0.2) is 15.0 Å². The summed E-state index contributed by atoms with van der Waals surface area (Å²) in [5.74, 6) is 0.425. The maximum atomic E-state index is 12.1. The van der Waals surface area contributed by atoms with Crippen LogP contribution in [-0.4, -0.2) is 20.9 Å². The molecule has 5 nitrogen and oxygen atoms in total. The van der Waals surface area contributed by atoms with E-state index in [0.29, 0.717) is 12.4 Å². The molecule has 7 heteroatoms. The summed E-state index contributed by atoms with van der Waals surface area (Å²) in [7, 11) is 0. The number of halogens is 1. The van der Waals surface area contributed by atoms with Crippen molar-refractivity contribution in [2.24, 2.45) is 0 Å². The standard InChI is InChI=1S/C13H15ClN4OS/c1-7(2)12-15-5-10(14)11(18-12)13(19)16-4-9-6-20-8(3)17-9/h5-7H,4H2,1-3H3,(H,16,19). The highest BCUT2D eigenvalue weighted by atomic mass is 35.5. The molecule has 1 amide bonds. The summed E-state index contributed by atoms with van der Waals surface area (Å²) < 4.78 is 0. The lowest BCUT2D eigenvalue weighted by molar-refractivity contribution is 0.0945. The summed E-state index contributed by atoms with van der Waals surface area (Å²) >= 11 is 7.53. The summed E-state index contributed by atoms with van der Waals surface area (Å²) in [6, 6.07) is 0. The minimum absolute atomic E-state index is 0.139. The maximum Gasteiger partial charge on any atom is 0.271 e. The van der Waals surface area contributed by atoms with Crippen LogP contribution in [0, 0.1) is 6.92 Å². The van der Waals surface area contributed by atoms with Crippen LogP contribution in [0.4, 0.5) is 0 Å². The van der Waals surface area contributed by atoms with Crippen molar-refractivity contribution in [1.29, 1.82) is 0 Å². The summed E-state index contributed by atoms with van der Waals surface area (Å²) in [6.07, 6.45) is 1.46. The van der Waals surface area contributed by atoms with Crippen molar-refractivity contribution in [2.75, 3.05) is 0 Å². The van der Waals surface area contributed by atoms with Gasteiger partial charge in [-0.05, 0) is 6.92 Å². The van der Waals surface area contributed by atoms with Gasteiger partial charge in [0.2, 0.25) is 0 Å². The fourth-order valence-electron chi connectivity index (χ4n) is 1.56. The van der Waals surface area contributed by atoms with Gasteiger partial charge in [0.05, 0.1) is 28.5 Å². The summed E-state index contributed by atoms with van der Waals surface area (Å²) in [5, 5.41) is 5.90. The number of carbonyl (C=O) groups excluding carboxylic acids is 1. The van der Waals surface area contributed by atoms with Crippen LogP contribution in [0.1, 0.15) is 46.8 Å². The number of hydrogen-bond acceptors (Lipinski definition) is 5. The van der Waals surface area contributed by atoms with Gasteiger partial charge in [0.25, 0.3) is 5.91 Å². The molecule has 0 aliphatic heterocycles. The van der Waals surface area contributed by atoms with Crippen molar-refractivity contribution >= 4 is 28.8 Å². The zero-order valence-electron chi connectivity index (χ0n) is 11.5. The molecule has 0 aromatic carbocycles. The summed E-state index contributed by atoms with van der Waals surface area (Å²) in [6.45, 7) is 6.21. The lowest BCUT2D eigenvalue weighted by atomic mass is 10.2. The maximum absolute atomic E-state index is 12.1. The van der Waals surface area contributed by atoms with Crippen LogP contribution in [0.3, 0.4) is 0 Å². The van der Waals surface area contributed by atoms with Gasteiger partial charge >= 0.3 is 0 Å². The first-order valence-electron chi connectivity index (χ1n) is 6.19. The Morgan fingerprint density at radius 1 is 1.45 bits per heavy atom. The minimum Gasteiger partial charge on any atom is -0.345 e. The molecule has 2 rings (SSSR count). The second-order valence-electron chi connectivity index (χ2n) is 4.62. The average molecular weight is 311 g/mol. The van der Waals surface area contributed by atoms with E-state index in [1.165, 1.54) is 6.20 Å². The molecule has 2 aromatic heterocycles.